The van der Waals surface area contributed by atoms with Crippen LogP contribution in [0.2, 0.25) is 0 Å². The molecule has 1 N–H and O–H groups in total. The van der Waals surface area contributed by atoms with Crippen molar-refractivity contribution in [1.29, 1.82) is 0 Å². The Bertz CT molecular complexity index is 1090. The van der Waals surface area contributed by atoms with Crippen LogP contribution in [0.1, 0.15) is 73.0 Å². The van der Waals surface area contributed by atoms with Crippen molar-refractivity contribution >= 4 is 17.8 Å². The molecule has 0 bridgehead atoms. The second-order valence-electron chi connectivity index (χ2n) is 9.52. The average molecular weight is 471 g/mol. The number of aromatic nitrogens is 2. The van der Waals surface area contributed by atoms with E-state index >= 15 is 0 Å². The van der Waals surface area contributed by atoms with Crippen LogP contribution < -0.4 is 5.32 Å². The Morgan fingerprint density at radius 1 is 1.24 bits per heavy atom. The molecule has 1 aromatic heterocycles. The third-order valence-electron chi connectivity index (χ3n) is 6.85. The van der Waals surface area contributed by atoms with Crippen molar-refractivity contribution in [3.63, 3.8) is 0 Å². The van der Waals surface area contributed by atoms with E-state index in [9.17, 15) is 18.8 Å². The number of benzene rings is 1. The van der Waals surface area contributed by atoms with Gasteiger partial charge in [-0.15, -0.1) is 0 Å². The predicted octanol–water partition coefficient (Wildman–Crippen LogP) is 3.31. The highest BCUT2D eigenvalue weighted by Crippen LogP contribution is 2.31. The summed E-state index contributed by atoms with van der Waals surface area (Å²) in [4.78, 5) is 40.9. The number of halogens is 1. The minimum absolute atomic E-state index is 0.0156. The molecule has 1 fully saturated rings. The lowest BCUT2D eigenvalue weighted by molar-refractivity contribution is -0.134. The van der Waals surface area contributed by atoms with Gasteiger partial charge in [0.1, 0.15) is 17.1 Å². The van der Waals surface area contributed by atoms with Crippen LogP contribution in [0.15, 0.2) is 30.3 Å². The van der Waals surface area contributed by atoms with E-state index in [1.165, 1.54) is 27.8 Å². The summed E-state index contributed by atoms with van der Waals surface area (Å²) in [6.45, 7) is 5.88. The van der Waals surface area contributed by atoms with E-state index in [4.69, 9.17) is 4.74 Å². The first-order valence-electron chi connectivity index (χ1n) is 11.8. The van der Waals surface area contributed by atoms with Crippen molar-refractivity contribution < 1.29 is 23.5 Å². The van der Waals surface area contributed by atoms with Crippen LogP contribution >= 0.6 is 0 Å². The second-order valence-corrected chi connectivity index (χ2v) is 9.52. The zero-order chi connectivity index (χ0) is 24.5. The molecule has 0 radical (unpaired) electrons. The number of esters is 1. The molecule has 1 aromatic carbocycles. The molecule has 1 aliphatic carbocycles. The highest BCUT2D eigenvalue weighted by atomic mass is 19.1. The Labute approximate surface area is 198 Å². The number of hydrogen-bond acceptors (Lipinski definition) is 5. The van der Waals surface area contributed by atoms with Gasteiger partial charge in [-0.25, -0.2) is 9.18 Å². The molecule has 1 atom stereocenters. The lowest BCUT2D eigenvalue weighted by Crippen LogP contribution is -2.64. The van der Waals surface area contributed by atoms with E-state index in [0.29, 0.717) is 11.5 Å². The molecule has 9 heteroatoms. The summed E-state index contributed by atoms with van der Waals surface area (Å²) in [7, 11) is 0. The quantitative estimate of drug-likeness (QED) is 0.654. The van der Waals surface area contributed by atoms with Gasteiger partial charge in [0.2, 0.25) is 5.91 Å². The summed E-state index contributed by atoms with van der Waals surface area (Å²) in [5.41, 5.74) is -0.507. The van der Waals surface area contributed by atoms with Gasteiger partial charge in [0.25, 0.3) is 5.91 Å². The molecule has 0 saturated heterocycles. The SMILES string of the molecule is CCOC(=O)c1cc2n(n1)C[C@@](C)(C(=O)NC1CCC(C)CC1)N(Cc1cccc(F)c1)C2=O. The van der Waals surface area contributed by atoms with Crippen molar-refractivity contribution in [3.05, 3.63) is 53.1 Å². The number of rotatable bonds is 6. The van der Waals surface area contributed by atoms with Crippen LogP contribution in [0.3, 0.4) is 0 Å². The van der Waals surface area contributed by atoms with E-state index in [2.05, 4.69) is 17.3 Å². The molecule has 182 valence electrons. The maximum atomic E-state index is 13.9. The molecule has 2 aromatic rings. The third kappa shape index (κ3) is 4.69. The van der Waals surface area contributed by atoms with Gasteiger partial charge in [-0.1, -0.05) is 19.1 Å². The molecule has 0 unspecified atom stereocenters. The molecular weight excluding hydrogens is 439 g/mol. The summed E-state index contributed by atoms with van der Waals surface area (Å²) >= 11 is 0. The Kier molecular flexibility index (Phi) is 6.72. The van der Waals surface area contributed by atoms with E-state index < -0.39 is 23.2 Å². The maximum Gasteiger partial charge on any atom is 0.358 e. The molecule has 34 heavy (non-hydrogen) atoms. The lowest BCUT2D eigenvalue weighted by atomic mass is 9.86. The monoisotopic (exact) mass is 470 g/mol. The summed E-state index contributed by atoms with van der Waals surface area (Å²) < 4.78 is 20.3. The Hall–Kier alpha value is -3.23. The standard InChI is InChI=1S/C25H31FN4O4/c1-4-34-23(32)20-13-21-22(31)29(14-17-6-5-7-18(26)12-17)25(3,15-30(21)28-20)24(33)27-19-10-8-16(2)9-11-19/h5-7,12-13,16,19H,4,8-11,14-15H2,1-3H3,(H,27,33)/t16?,19?,25-/m0/s1. The molecule has 0 spiro atoms. The van der Waals surface area contributed by atoms with Crippen LogP contribution in [-0.4, -0.2) is 50.7 Å². The zero-order valence-corrected chi connectivity index (χ0v) is 19.8. The largest absolute Gasteiger partial charge is 0.461 e. The first kappa shape index (κ1) is 23.9. The van der Waals surface area contributed by atoms with Crippen molar-refractivity contribution in [3.8, 4) is 0 Å². The van der Waals surface area contributed by atoms with Crippen LogP contribution in [0.5, 0.6) is 0 Å². The zero-order valence-electron chi connectivity index (χ0n) is 19.8. The molecule has 2 heterocycles. The molecule has 2 aliphatic rings. The summed E-state index contributed by atoms with van der Waals surface area (Å²) in [5.74, 6) is -1.14. The first-order valence-corrected chi connectivity index (χ1v) is 11.8. The van der Waals surface area contributed by atoms with Gasteiger partial charge in [-0.2, -0.15) is 5.10 Å². The van der Waals surface area contributed by atoms with Gasteiger partial charge in [-0.05, 0) is 63.1 Å². The number of fused-ring (bicyclic) bond motifs is 1. The fraction of sp³-hybridized carbons (Fsp3) is 0.520. The third-order valence-corrected chi connectivity index (χ3v) is 6.85. The van der Waals surface area contributed by atoms with Crippen molar-refractivity contribution in [2.45, 2.75) is 71.1 Å². The number of ether oxygens (including phenoxy) is 1. The number of hydrogen-bond donors (Lipinski definition) is 1. The Balaban J connectivity index is 1.67. The van der Waals surface area contributed by atoms with Crippen LogP contribution in [-0.2, 0) is 22.6 Å². The van der Waals surface area contributed by atoms with Gasteiger partial charge in [0.15, 0.2) is 5.69 Å². The number of nitrogens with zero attached hydrogens (tertiary/aromatic N) is 3. The normalized spacial score (nSPS) is 24.5. The molecule has 8 nitrogen and oxygen atoms in total. The van der Waals surface area contributed by atoms with Crippen LogP contribution in [0, 0.1) is 11.7 Å². The van der Waals surface area contributed by atoms with Gasteiger partial charge in [0.05, 0.1) is 13.2 Å². The molecule has 4 rings (SSSR count). The van der Waals surface area contributed by atoms with E-state index in [-0.39, 0.29) is 43.0 Å². The van der Waals surface area contributed by atoms with Crippen molar-refractivity contribution in [1.82, 2.24) is 20.0 Å². The summed E-state index contributed by atoms with van der Waals surface area (Å²) in [5, 5.41) is 7.40. The van der Waals surface area contributed by atoms with Gasteiger partial charge in [-0.3, -0.25) is 14.3 Å². The smallest absolute Gasteiger partial charge is 0.358 e. The van der Waals surface area contributed by atoms with Gasteiger partial charge in [0, 0.05) is 18.7 Å². The van der Waals surface area contributed by atoms with Crippen molar-refractivity contribution in [2.24, 2.45) is 5.92 Å². The molecular formula is C25H31FN4O4. The Morgan fingerprint density at radius 2 is 1.97 bits per heavy atom. The molecule has 2 amide bonds. The van der Waals surface area contributed by atoms with Crippen LogP contribution in [0.25, 0.3) is 0 Å². The first-order chi connectivity index (χ1) is 16.2. The lowest BCUT2D eigenvalue weighted by Gasteiger charge is -2.44. The predicted molar refractivity (Wildman–Crippen MR) is 122 cm³/mol. The van der Waals surface area contributed by atoms with E-state index in [1.54, 1.807) is 26.0 Å². The fourth-order valence-corrected chi connectivity index (χ4v) is 4.76. The van der Waals surface area contributed by atoms with Gasteiger partial charge < -0.3 is 15.0 Å². The van der Waals surface area contributed by atoms with E-state index in [0.717, 1.165) is 25.7 Å². The minimum atomic E-state index is -1.28. The summed E-state index contributed by atoms with van der Waals surface area (Å²) in [6.07, 6.45) is 3.86. The Morgan fingerprint density at radius 3 is 2.65 bits per heavy atom. The topological polar surface area (TPSA) is 93.5 Å². The number of nitrogens with one attached hydrogen (secondary N) is 1. The average Bonchev–Trinajstić information content (AvgIpc) is 3.22. The van der Waals surface area contributed by atoms with Crippen LogP contribution in [0.4, 0.5) is 4.39 Å². The highest BCUT2D eigenvalue weighted by molar-refractivity contribution is 6.01. The number of amides is 2. The highest BCUT2D eigenvalue weighted by Gasteiger charge is 2.48. The number of carbonyl (C=O) groups is 3. The fourth-order valence-electron chi connectivity index (χ4n) is 4.76. The minimum Gasteiger partial charge on any atom is -0.461 e. The van der Waals surface area contributed by atoms with Gasteiger partial charge >= 0.3 is 5.97 Å². The second kappa shape index (κ2) is 9.56. The molecule has 1 aliphatic heterocycles. The maximum absolute atomic E-state index is 13.9. The van der Waals surface area contributed by atoms with Crippen molar-refractivity contribution in [2.75, 3.05) is 6.61 Å². The number of carbonyl (C=O) groups excluding carboxylic acids is 3. The summed E-state index contributed by atoms with van der Waals surface area (Å²) in [6, 6.07) is 7.40. The van der Waals surface area contributed by atoms with E-state index in [1.807, 2.05) is 0 Å². The molecule has 1 saturated carbocycles.